The van der Waals surface area contributed by atoms with Gasteiger partial charge in [0.05, 0.1) is 15.9 Å². The third-order valence-electron chi connectivity index (χ3n) is 4.61. The number of aliphatic hydroxyl groups excluding tert-OH is 1. The topological polar surface area (TPSA) is 104 Å². The fourth-order valence-corrected chi connectivity index (χ4v) is 4.55. The molecule has 0 spiro atoms. The van der Waals surface area contributed by atoms with Crippen molar-refractivity contribution in [3.63, 3.8) is 0 Å². The summed E-state index contributed by atoms with van der Waals surface area (Å²) in [4.78, 5) is 12.2. The molecular formula is C18H21N3O5S. The monoisotopic (exact) mass is 391 g/mol. The van der Waals surface area contributed by atoms with Gasteiger partial charge in [-0.25, -0.2) is 8.42 Å². The van der Waals surface area contributed by atoms with E-state index in [9.17, 15) is 23.6 Å². The molecule has 1 atom stereocenters. The fourth-order valence-electron chi connectivity index (χ4n) is 3.08. The summed E-state index contributed by atoms with van der Waals surface area (Å²) in [6.07, 6.45) is -0.633. The van der Waals surface area contributed by atoms with Gasteiger partial charge < -0.3 is 5.11 Å². The average molecular weight is 391 g/mol. The zero-order valence-corrected chi connectivity index (χ0v) is 15.5. The van der Waals surface area contributed by atoms with E-state index in [4.69, 9.17) is 0 Å². The average Bonchev–Trinajstić information content (AvgIpc) is 2.69. The second-order valence-corrected chi connectivity index (χ2v) is 8.32. The highest BCUT2D eigenvalue weighted by Gasteiger charge is 2.30. The minimum Gasteiger partial charge on any atom is -0.387 e. The first-order valence-corrected chi connectivity index (χ1v) is 10.0. The van der Waals surface area contributed by atoms with Crippen LogP contribution in [-0.2, 0) is 10.0 Å². The summed E-state index contributed by atoms with van der Waals surface area (Å²) >= 11 is 0. The van der Waals surface area contributed by atoms with Crippen molar-refractivity contribution in [1.29, 1.82) is 0 Å². The van der Waals surface area contributed by atoms with Gasteiger partial charge in [-0.2, -0.15) is 4.31 Å². The third-order valence-corrected chi connectivity index (χ3v) is 6.51. The van der Waals surface area contributed by atoms with Crippen LogP contribution >= 0.6 is 0 Å². The number of rotatable bonds is 6. The summed E-state index contributed by atoms with van der Waals surface area (Å²) in [7, 11) is -3.78. The van der Waals surface area contributed by atoms with E-state index in [1.165, 1.54) is 22.5 Å². The number of non-ortho nitro benzene ring substituents is 1. The Kier molecular flexibility index (Phi) is 5.85. The lowest BCUT2D eigenvalue weighted by molar-refractivity contribution is -0.385. The van der Waals surface area contributed by atoms with E-state index in [0.29, 0.717) is 19.6 Å². The molecule has 144 valence electrons. The number of hydrogen-bond acceptors (Lipinski definition) is 6. The SMILES string of the molecule is O=[N+]([O-])c1cccc(S(=O)(=O)N2CCN(CC(O)c3ccccc3)CC2)c1. The molecule has 1 saturated heterocycles. The highest BCUT2D eigenvalue weighted by atomic mass is 32.2. The van der Waals surface area contributed by atoms with Crippen LogP contribution in [0, 0.1) is 10.1 Å². The molecule has 2 aromatic carbocycles. The minimum absolute atomic E-state index is 0.0746. The van der Waals surface area contributed by atoms with Crippen molar-refractivity contribution in [2.75, 3.05) is 32.7 Å². The molecule has 1 fully saturated rings. The van der Waals surface area contributed by atoms with Gasteiger partial charge in [0.15, 0.2) is 0 Å². The molecule has 1 unspecified atom stereocenters. The van der Waals surface area contributed by atoms with Gasteiger partial charge >= 0.3 is 0 Å². The highest BCUT2D eigenvalue weighted by Crippen LogP contribution is 2.22. The molecule has 2 aromatic rings. The molecule has 27 heavy (non-hydrogen) atoms. The number of sulfonamides is 1. The Bertz CT molecular complexity index is 896. The molecule has 1 N–H and O–H groups in total. The van der Waals surface area contributed by atoms with E-state index < -0.39 is 21.1 Å². The van der Waals surface area contributed by atoms with Crippen LogP contribution in [0.4, 0.5) is 5.69 Å². The predicted molar refractivity (Wildman–Crippen MR) is 99.7 cm³/mol. The van der Waals surface area contributed by atoms with Gasteiger partial charge in [-0.1, -0.05) is 36.4 Å². The van der Waals surface area contributed by atoms with Crippen molar-refractivity contribution in [3.8, 4) is 0 Å². The Hall–Kier alpha value is -2.33. The van der Waals surface area contributed by atoms with Crippen LogP contribution in [0.2, 0.25) is 0 Å². The number of aliphatic hydroxyl groups is 1. The number of nitro benzene ring substituents is 1. The van der Waals surface area contributed by atoms with Gasteiger partial charge in [0.25, 0.3) is 5.69 Å². The van der Waals surface area contributed by atoms with Crippen LogP contribution < -0.4 is 0 Å². The second kappa shape index (κ2) is 8.13. The van der Waals surface area contributed by atoms with E-state index in [1.807, 2.05) is 35.2 Å². The normalized spacial score (nSPS) is 17.5. The minimum atomic E-state index is -3.78. The largest absolute Gasteiger partial charge is 0.387 e. The van der Waals surface area contributed by atoms with E-state index in [0.717, 1.165) is 11.6 Å². The van der Waals surface area contributed by atoms with Crippen molar-refractivity contribution in [1.82, 2.24) is 9.21 Å². The van der Waals surface area contributed by atoms with Crippen molar-refractivity contribution in [3.05, 3.63) is 70.3 Å². The fraction of sp³-hybridized carbons (Fsp3) is 0.333. The molecule has 0 aromatic heterocycles. The Balaban J connectivity index is 1.63. The number of benzene rings is 2. The molecule has 1 aliphatic heterocycles. The van der Waals surface area contributed by atoms with Crippen molar-refractivity contribution >= 4 is 15.7 Å². The molecular weight excluding hydrogens is 370 g/mol. The van der Waals surface area contributed by atoms with Gasteiger partial charge in [-0.15, -0.1) is 0 Å². The maximum absolute atomic E-state index is 12.7. The maximum Gasteiger partial charge on any atom is 0.270 e. The van der Waals surface area contributed by atoms with Gasteiger partial charge in [0.2, 0.25) is 10.0 Å². The van der Waals surface area contributed by atoms with Gasteiger partial charge in [-0.3, -0.25) is 15.0 Å². The predicted octanol–water partition coefficient (Wildman–Crippen LogP) is 1.63. The Morgan fingerprint density at radius 2 is 1.70 bits per heavy atom. The lowest BCUT2D eigenvalue weighted by Gasteiger charge is -2.34. The molecule has 0 radical (unpaired) electrons. The first-order valence-electron chi connectivity index (χ1n) is 8.58. The van der Waals surface area contributed by atoms with Gasteiger partial charge in [0.1, 0.15) is 0 Å². The van der Waals surface area contributed by atoms with Crippen LogP contribution in [0.3, 0.4) is 0 Å². The Morgan fingerprint density at radius 3 is 2.33 bits per heavy atom. The molecule has 0 amide bonds. The Morgan fingerprint density at radius 1 is 1.04 bits per heavy atom. The Labute approximate surface area is 157 Å². The maximum atomic E-state index is 12.7. The first-order chi connectivity index (χ1) is 12.9. The van der Waals surface area contributed by atoms with Crippen molar-refractivity contribution in [2.45, 2.75) is 11.0 Å². The van der Waals surface area contributed by atoms with Crippen LogP contribution in [0.5, 0.6) is 0 Å². The molecule has 8 nitrogen and oxygen atoms in total. The molecule has 1 aliphatic rings. The van der Waals surface area contributed by atoms with Crippen LogP contribution in [0.15, 0.2) is 59.5 Å². The smallest absolute Gasteiger partial charge is 0.270 e. The zero-order chi connectivity index (χ0) is 19.4. The van der Waals surface area contributed by atoms with Crippen molar-refractivity contribution in [2.24, 2.45) is 0 Å². The highest BCUT2D eigenvalue weighted by molar-refractivity contribution is 7.89. The first kappa shape index (κ1) is 19.4. The molecule has 0 bridgehead atoms. The number of hydrogen-bond donors (Lipinski definition) is 1. The number of nitro groups is 1. The molecule has 0 aliphatic carbocycles. The number of piperazine rings is 1. The molecule has 1 heterocycles. The van der Waals surface area contributed by atoms with Gasteiger partial charge in [0, 0.05) is 44.9 Å². The lowest BCUT2D eigenvalue weighted by atomic mass is 10.1. The summed E-state index contributed by atoms with van der Waals surface area (Å²) in [5.41, 5.74) is 0.574. The zero-order valence-electron chi connectivity index (χ0n) is 14.6. The lowest BCUT2D eigenvalue weighted by Crippen LogP contribution is -2.49. The summed E-state index contributed by atoms with van der Waals surface area (Å²) < 4.78 is 26.8. The van der Waals surface area contributed by atoms with E-state index >= 15 is 0 Å². The van der Waals surface area contributed by atoms with Crippen LogP contribution in [-0.4, -0.2) is 60.4 Å². The van der Waals surface area contributed by atoms with Crippen molar-refractivity contribution < 1.29 is 18.4 Å². The van der Waals surface area contributed by atoms with E-state index in [-0.39, 0.29) is 23.7 Å². The van der Waals surface area contributed by atoms with Crippen LogP contribution in [0.25, 0.3) is 0 Å². The molecule has 3 rings (SSSR count). The van der Waals surface area contributed by atoms with Gasteiger partial charge in [-0.05, 0) is 11.6 Å². The summed E-state index contributed by atoms with van der Waals surface area (Å²) in [5, 5.41) is 21.2. The molecule has 9 heteroatoms. The van der Waals surface area contributed by atoms with E-state index in [1.54, 1.807) is 0 Å². The summed E-state index contributed by atoms with van der Waals surface area (Å²) in [6, 6.07) is 14.4. The second-order valence-electron chi connectivity index (χ2n) is 6.39. The number of nitrogens with zero attached hydrogens (tertiary/aromatic N) is 3. The van der Waals surface area contributed by atoms with Crippen LogP contribution in [0.1, 0.15) is 11.7 Å². The quantitative estimate of drug-likeness (QED) is 0.593. The molecule has 0 saturated carbocycles. The summed E-state index contributed by atoms with van der Waals surface area (Å²) in [5.74, 6) is 0. The van der Waals surface area contributed by atoms with E-state index in [2.05, 4.69) is 0 Å². The third kappa shape index (κ3) is 4.51. The number of β-amino-alcohol motifs (C(OH)–C–C–N with tert-alkyl or cyclic N) is 1. The standard InChI is InChI=1S/C18H21N3O5S/c22-18(15-5-2-1-3-6-15)14-19-9-11-20(12-10-19)27(25,26)17-8-4-7-16(13-17)21(23)24/h1-8,13,18,22H,9-12,14H2. The summed E-state index contributed by atoms with van der Waals surface area (Å²) in [6.45, 7) is 1.93.